The highest BCUT2D eigenvalue weighted by atomic mass is 32.2. The van der Waals surface area contributed by atoms with Crippen molar-refractivity contribution in [3.63, 3.8) is 0 Å². The molecule has 0 fully saturated rings. The number of rotatable bonds is 2. The predicted molar refractivity (Wildman–Crippen MR) is 95.5 cm³/mol. The van der Waals surface area contributed by atoms with Crippen LogP contribution in [0.1, 0.15) is 27.0 Å². The van der Waals surface area contributed by atoms with Gasteiger partial charge in [0.25, 0.3) is 5.91 Å². The molecule has 0 unspecified atom stereocenters. The van der Waals surface area contributed by atoms with Gasteiger partial charge in [0.1, 0.15) is 0 Å². The Bertz CT molecular complexity index is 904. The van der Waals surface area contributed by atoms with Gasteiger partial charge in [-0.25, -0.2) is 0 Å². The van der Waals surface area contributed by atoms with Gasteiger partial charge in [0, 0.05) is 16.2 Å². The van der Waals surface area contributed by atoms with Crippen LogP contribution in [0.4, 0.5) is 0 Å². The highest BCUT2D eigenvalue weighted by Crippen LogP contribution is 2.37. The van der Waals surface area contributed by atoms with Gasteiger partial charge in [-0.3, -0.25) is 4.79 Å². The lowest BCUT2D eigenvalue weighted by molar-refractivity contribution is 0.100. The molecule has 0 saturated carbocycles. The maximum Gasteiger partial charge on any atom is 0.280 e. The first-order valence-corrected chi connectivity index (χ1v) is 8.19. The van der Waals surface area contributed by atoms with E-state index in [1.807, 2.05) is 18.2 Å². The summed E-state index contributed by atoms with van der Waals surface area (Å²) in [6.07, 6.45) is 2.11. The Kier molecular flexibility index (Phi) is 4.36. The van der Waals surface area contributed by atoms with Gasteiger partial charge in [-0.05, 0) is 47.0 Å². The molecule has 0 bridgehead atoms. The Balaban J connectivity index is 2.04. The van der Waals surface area contributed by atoms with Crippen LogP contribution in [-0.2, 0) is 0 Å². The largest absolute Gasteiger partial charge is 0.370 e. The fraction of sp³-hybridized carbons (Fsp3) is 0.0556. The van der Waals surface area contributed by atoms with E-state index >= 15 is 0 Å². The summed E-state index contributed by atoms with van der Waals surface area (Å²) in [4.78, 5) is 16.7. The third-order valence-corrected chi connectivity index (χ3v) is 4.60. The number of aliphatic imine (C=N–C) groups is 1. The smallest absolute Gasteiger partial charge is 0.280 e. The number of fused-ring (bicyclic) bond motifs is 1. The van der Waals surface area contributed by atoms with Crippen LogP contribution in [0.2, 0.25) is 0 Å². The van der Waals surface area contributed by atoms with Crippen LogP contribution in [0.3, 0.4) is 0 Å². The van der Waals surface area contributed by atoms with Crippen molar-refractivity contribution in [3.05, 3.63) is 70.8 Å². The van der Waals surface area contributed by atoms with Crippen molar-refractivity contribution in [1.82, 2.24) is 0 Å². The van der Waals surface area contributed by atoms with Crippen LogP contribution in [0.25, 0.3) is 5.57 Å². The first-order chi connectivity index (χ1) is 11.6. The van der Waals surface area contributed by atoms with Crippen molar-refractivity contribution < 1.29 is 4.79 Å². The summed E-state index contributed by atoms with van der Waals surface area (Å²) in [5, 5.41) is 8.93. The molecule has 0 saturated heterocycles. The van der Waals surface area contributed by atoms with Gasteiger partial charge in [-0.1, -0.05) is 18.2 Å². The van der Waals surface area contributed by atoms with Crippen LogP contribution in [0.5, 0.6) is 0 Å². The first-order valence-electron chi connectivity index (χ1n) is 7.20. The number of hydrogen-bond acceptors (Lipinski definition) is 3. The van der Waals surface area contributed by atoms with E-state index < -0.39 is 5.91 Å². The maximum atomic E-state index is 12.1. The number of thioether (sulfide) groups is 1. The van der Waals surface area contributed by atoms with Crippen LogP contribution in [0, 0.1) is 11.3 Å². The second kappa shape index (κ2) is 6.60. The van der Waals surface area contributed by atoms with Crippen LogP contribution in [-0.4, -0.2) is 17.6 Å². The summed E-state index contributed by atoms with van der Waals surface area (Å²) in [6.45, 7) is 0. The summed E-state index contributed by atoms with van der Waals surface area (Å²) in [5.41, 5.74) is 14.6. The van der Waals surface area contributed by atoms with Crippen LogP contribution < -0.4 is 11.5 Å². The van der Waals surface area contributed by atoms with E-state index in [-0.39, 0.29) is 5.96 Å². The zero-order valence-corrected chi connectivity index (χ0v) is 13.5. The molecular formula is C18H14N4OS. The van der Waals surface area contributed by atoms with E-state index in [2.05, 4.69) is 17.1 Å². The number of guanidine groups is 1. The molecule has 0 aliphatic carbocycles. The van der Waals surface area contributed by atoms with Crippen molar-refractivity contribution in [2.24, 2.45) is 16.5 Å². The van der Waals surface area contributed by atoms with Gasteiger partial charge in [0.15, 0.2) is 5.96 Å². The molecule has 3 rings (SSSR count). The molecule has 1 heterocycles. The minimum Gasteiger partial charge on any atom is -0.370 e. The van der Waals surface area contributed by atoms with E-state index in [9.17, 15) is 4.79 Å². The molecule has 5 nitrogen and oxygen atoms in total. The summed E-state index contributed by atoms with van der Waals surface area (Å²) < 4.78 is 0. The lowest BCUT2D eigenvalue weighted by Crippen LogP contribution is -2.24. The van der Waals surface area contributed by atoms with E-state index in [4.69, 9.17) is 16.7 Å². The average Bonchev–Trinajstić information content (AvgIpc) is 2.60. The van der Waals surface area contributed by atoms with E-state index in [0.717, 1.165) is 27.3 Å². The Labute approximate surface area is 143 Å². The third-order valence-electron chi connectivity index (χ3n) is 3.60. The van der Waals surface area contributed by atoms with Crippen molar-refractivity contribution in [1.29, 1.82) is 5.26 Å². The minimum absolute atomic E-state index is 0.255. The molecule has 0 spiro atoms. The van der Waals surface area contributed by atoms with Gasteiger partial charge >= 0.3 is 0 Å². The SMILES string of the molecule is N#Cc1ccc(C2=CCSc3ccc(C(=O)N=C(N)N)cc32)cc1. The maximum absolute atomic E-state index is 12.1. The van der Waals surface area contributed by atoms with Crippen LogP contribution in [0.15, 0.2) is 58.4 Å². The molecule has 1 amide bonds. The molecule has 0 aromatic heterocycles. The second-order valence-corrected chi connectivity index (χ2v) is 6.23. The Morgan fingerprint density at radius 1 is 1.17 bits per heavy atom. The fourth-order valence-electron chi connectivity index (χ4n) is 2.50. The van der Waals surface area contributed by atoms with Gasteiger partial charge in [0.2, 0.25) is 0 Å². The lowest BCUT2D eigenvalue weighted by atomic mass is 9.95. The Morgan fingerprint density at radius 2 is 1.92 bits per heavy atom. The van der Waals surface area contributed by atoms with Gasteiger partial charge in [0.05, 0.1) is 11.6 Å². The molecule has 0 radical (unpaired) electrons. The Hall–Kier alpha value is -3.04. The molecule has 6 heteroatoms. The number of nitrogens with zero attached hydrogens (tertiary/aromatic N) is 2. The monoisotopic (exact) mass is 334 g/mol. The molecule has 1 aliphatic rings. The fourth-order valence-corrected chi connectivity index (χ4v) is 3.42. The summed E-state index contributed by atoms with van der Waals surface area (Å²) >= 11 is 1.70. The third kappa shape index (κ3) is 3.16. The highest BCUT2D eigenvalue weighted by molar-refractivity contribution is 7.99. The molecule has 1 aliphatic heterocycles. The van der Waals surface area contributed by atoms with E-state index in [0.29, 0.717) is 11.1 Å². The molecule has 2 aromatic rings. The highest BCUT2D eigenvalue weighted by Gasteiger charge is 2.17. The lowest BCUT2D eigenvalue weighted by Gasteiger charge is -2.18. The molecule has 4 N–H and O–H groups in total. The van der Waals surface area contributed by atoms with Crippen LogP contribution >= 0.6 is 11.8 Å². The summed E-state index contributed by atoms with van der Waals surface area (Å²) in [6, 6.07) is 14.9. The van der Waals surface area contributed by atoms with Crippen molar-refractivity contribution in [2.75, 3.05) is 5.75 Å². The van der Waals surface area contributed by atoms with Crippen molar-refractivity contribution in [3.8, 4) is 6.07 Å². The number of nitrogens with two attached hydrogens (primary N) is 2. The number of hydrogen-bond donors (Lipinski definition) is 2. The molecular weight excluding hydrogens is 320 g/mol. The predicted octanol–water partition coefficient (Wildman–Crippen LogP) is 2.51. The number of amides is 1. The minimum atomic E-state index is -0.465. The number of benzene rings is 2. The number of nitriles is 1. The molecule has 0 atom stereocenters. The molecule has 2 aromatic carbocycles. The number of carbonyl (C=O) groups is 1. The quantitative estimate of drug-likeness (QED) is 0.648. The second-order valence-electron chi connectivity index (χ2n) is 5.17. The van der Waals surface area contributed by atoms with E-state index in [1.165, 1.54) is 0 Å². The first kappa shape index (κ1) is 15.8. The average molecular weight is 334 g/mol. The number of carbonyl (C=O) groups excluding carboxylic acids is 1. The topological polar surface area (TPSA) is 105 Å². The van der Waals surface area contributed by atoms with Gasteiger partial charge in [-0.2, -0.15) is 10.3 Å². The Morgan fingerprint density at radius 3 is 2.58 bits per heavy atom. The zero-order valence-electron chi connectivity index (χ0n) is 12.7. The van der Waals surface area contributed by atoms with Crippen molar-refractivity contribution in [2.45, 2.75) is 4.90 Å². The standard InChI is InChI=1S/C18H14N4OS/c19-10-11-1-3-12(4-2-11)14-7-8-24-16-6-5-13(9-15(14)16)17(23)22-18(20)21/h1-7,9H,8H2,(H4,20,21,22,23). The summed E-state index contributed by atoms with van der Waals surface area (Å²) in [5.74, 6) is 0.131. The van der Waals surface area contributed by atoms with E-state index in [1.54, 1.807) is 36.0 Å². The van der Waals surface area contributed by atoms with Crippen molar-refractivity contribution >= 4 is 29.2 Å². The summed E-state index contributed by atoms with van der Waals surface area (Å²) in [7, 11) is 0. The molecule has 24 heavy (non-hydrogen) atoms. The zero-order chi connectivity index (χ0) is 17.1. The normalized spacial score (nSPS) is 12.5. The van der Waals surface area contributed by atoms with Gasteiger partial charge < -0.3 is 11.5 Å². The molecule has 118 valence electrons. The van der Waals surface area contributed by atoms with Gasteiger partial charge in [-0.15, -0.1) is 11.8 Å².